The number of aliphatic hydroxyl groups excluding tert-OH is 1. The molecule has 0 aliphatic heterocycles. The second-order valence-electron chi connectivity index (χ2n) is 4.58. The molecular formula is C12H23NO. The third-order valence-corrected chi connectivity index (χ3v) is 3.48. The minimum Gasteiger partial charge on any atom is -0.394 e. The van der Waals surface area contributed by atoms with Crippen LogP contribution in [-0.2, 0) is 0 Å². The van der Waals surface area contributed by atoms with Crippen molar-refractivity contribution in [1.82, 2.24) is 5.32 Å². The Labute approximate surface area is 87.4 Å². The Morgan fingerprint density at radius 1 is 1.43 bits per heavy atom. The van der Waals surface area contributed by atoms with Crippen LogP contribution in [0.5, 0.6) is 0 Å². The molecular weight excluding hydrogens is 174 g/mol. The Balaban J connectivity index is 2.51. The Bertz CT molecular complexity index is 175. The first-order valence-electron chi connectivity index (χ1n) is 5.70. The van der Waals surface area contributed by atoms with E-state index in [9.17, 15) is 5.11 Å². The molecule has 14 heavy (non-hydrogen) atoms. The standard InChI is InChI=1S/C12H23NO/c1-3-9-13-12(2,10-14)11-7-5-4-6-8-11/h3,11,13-14H,1,4-10H2,2H3. The van der Waals surface area contributed by atoms with Crippen LogP contribution in [0.25, 0.3) is 0 Å². The third kappa shape index (κ3) is 2.82. The predicted molar refractivity (Wildman–Crippen MR) is 60.3 cm³/mol. The normalized spacial score (nSPS) is 23.0. The van der Waals surface area contributed by atoms with Gasteiger partial charge in [0.25, 0.3) is 0 Å². The van der Waals surface area contributed by atoms with Gasteiger partial charge in [-0.25, -0.2) is 0 Å². The summed E-state index contributed by atoms with van der Waals surface area (Å²) < 4.78 is 0. The summed E-state index contributed by atoms with van der Waals surface area (Å²) in [5.74, 6) is 0.626. The van der Waals surface area contributed by atoms with Crippen LogP contribution >= 0.6 is 0 Å². The average Bonchev–Trinajstić information content (AvgIpc) is 2.27. The lowest BCUT2D eigenvalue weighted by atomic mass is 9.76. The zero-order valence-corrected chi connectivity index (χ0v) is 9.26. The summed E-state index contributed by atoms with van der Waals surface area (Å²) in [5.41, 5.74) is -0.103. The minimum atomic E-state index is -0.103. The van der Waals surface area contributed by atoms with E-state index in [0.29, 0.717) is 5.92 Å². The monoisotopic (exact) mass is 197 g/mol. The largest absolute Gasteiger partial charge is 0.394 e. The van der Waals surface area contributed by atoms with Crippen molar-refractivity contribution < 1.29 is 5.11 Å². The molecule has 0 bridgehead atoms. The summed E-state index contributed by atoms with van der Waals surface area (Å²) in [5, 5.41) is 12.9. The van der Waals surface area contributed by atoms with Crippen molar-refractivity contribution in [3.63, 3.8) is 0 Å². The van der Waals surface area contributed by atoms with Crippen molar-refractivity contribution in [2.45, 2.75) is 44.6 Å². The van der Waals surface area contributed by atoms with E-state index in [1.807, 2.05) is 6.08 Å². The van der Waals surface area contributed by atoms with Gasteiger partial charge < -0.3 is 10.4 Å². The first-order chi connectivity index (χ1) is 6.73. The van der Waals surface area contributed by atoms with Crippen LogP contribution < -0.4 is 5.32 Å². The number of nitrogens with one attached hydrogen (secondary N) is 1. The van der Waals surface area contributed by atoms with Crippen LogP contribution in [-0.4, -0.2) is 23.8 Å². The van der Waals surface area contributed by atoms with Crippen molar-refractivity contribution in [2.75, 3.05) is 13.2 Å². The highest BCUT2D eigenvalue weighted by Gasteiger charge is 2.33. The first kappa shape index (κ1) is 11.7. The number of hydrogen-bond donors (Lipinski definition) is 2. The zero-order chi connectivity index (χ0) is 10.4. The minimum absolute atomic E-state index is 0.103. The van der Waals surface area contributed by atoms with Gasteiger partial charge in [-0.2, -0.15) is 0 Å². The molecule has 0 aromatic carbocycles. The highest BCUT2D eigenvalue weighted by atomic mass is 16.3. The number of aliphatic hydroxyl groups is 1. The van der Waals surface area contributed by atoms with E-state index < -0.39 is 0 Å². The lowest BCUT2D eigenvalue weighted by Crippen LogP contribution is -2.52. The highest BCUT2D eigenvalue weighted by Crippen LogP contribution is 2.32. The van der Waals surface area contributed by atoms with E-state index in [4.69, 9.17) is 0 Å². The van der Waals surface area contributed by atoms with Gasteiger partial charge in [0.2, 0.25) is 0 Å². The summed E-state index contributed by atoms with van der Waals surface area (Å²) in [7, 11) is 0. The van der Waals surface area contributed by atoms with E-state index in [-0.39, 0.29) is 12.1 Å². The molecule has 2 heteroatoms. The van der Waals surface area contributed by atoms with E-state index in [1.54, 1.807) is 0 Å². The molecule has 1 aliphatic rings. The number of rotatable bonds is 5. The van der Waals surface area contributed by atoms with Crippen molar-refractivity contribution in [3.8, 4) is 0 Å². The molecule has 0 aromatic heterocycles. The smallest absolute Gasteiger partial charge is 0.0613 e. The van der Waals surface area contributed by atoms with Crippen molar-refractivity contribution in [2.24, 2.45) is 5.92 Å². The lowest BCUT2D eigenvalue weighted by molar-refractivity contribution is 0.0986. The Kier molecular flexibility index (Phi) is 4.63. The maximum Gasteiger partial charge on any atom is 0.0613 e. The number of hydrogen-bond acceptors (Lipinski definition) is 2. The van der Waals surface area contributed by atoms with Gasteiger partial charge in [0.05, 0.1) is 6.61 Å². The maximum atomic E-state index is 9.47. The SMILES string of the molecule is C=CCNC(C)(CO)C1CCCCC1. The van der Waals surface area contributed by atoms with Gasteiger partial charge in [0.1, 0.15) is 0 Å². The molecule has 0 radical (unpaired) electrons. The molecule has 1 rings (SSSR count). The highest BCUT2D eigenvalue weighted by molar-refractivity contribution is 4.93. The maximum absolute atomic E-state index is 9.47. The quantitative estimate of drug-likeness (QED) is 0.661. The molecule has 0 aromatic rings. The van der Waals surface area contributed by atoms with Gasteiger partial charge in [-0.3, -0.25) is 0 Å². The van der Waals surface area contributed by atoms with Crippen LogP contribution in [0.2, 0.25) is 0 Å². The molecule has 0 amide bonds. The predicted octanol–water partition coefficient (Wildman–Crippen LogP) is 2.09. The van der Waals surface area contributed by atoms with E-state index in [0.717, 1.165) is 6.54 Å². The van der Waals surface area contributed by atoms with Gasteiger partial charge in [0.15, 0.2) is 0 Å². The first-order valence-corrected chi connectivity index (χ1v) is 5.70. The molecule has 1 fully saturated rings. The molecule has 1 unspecified atom stereocenters. The van der Waals surface area contributed by atoms with Gasteiger partial charge in [-0.15, -0.1) is 6.58 Å². The molecule has 1 aliphatic carbocycles. The summed E-state index contributed by atoms with van der Waals surface area (Å²) >= 11 is 0. The van der Waals surface area contributed by atoms with E-state index in [2.05, 4.69) is 18.8 Å². The van der Waals surface area contributed by atoms with Crippen LogP contribution in [0.1, 0.15) is 39.0 Å². The molecule has 0 saturated heterocycles. The van der Waals surface area contributed by atoms with Crippen molar-refractivity contribution in [1.29, 1.82) is 0 Å². The summed E-state index contributed by atoms with van der Waals surface area (Å²) in [6.45, 7) is 6.84. The fourth-order valence-electron chi connectivity index (χ4n) is 2.37. The molecule has 0 heterocycles. The van der Waals surface area contributed by atoms with Gasteiger partial charge in [0, 0.05) is 12.1 Å². The molecule has 2 N–H and O–H groups in total. The van der Waals surface area contributed by atoms with Crippen LogP contribution in [0, 0.1) is 5.92 Å². The zero-order valence-electron chi connectivity index (χ0n) is 9.26. The summed E-state index contributed by atoms with van der Waals surface area (Å²) in [6.07, 6.45) is 8.35. The molecule has 82 valence electrons. The fourth-order valence-corrected chi connectivity index (χ4v) is 2.37. The van der Waals surface area contributed by atoms with Crippen LogP contribution in [0.4, 0.5) is 0 Å². The topological polar surface area (TPSA) is 32.3 Å². The van der Waals surface area contributed by atoms with Crippen LogP contribution in [0.3, 0.4) is 0 Å². The van der Waals surface area contributed by atoms with Crippen molar-refractivity contribution >= 4 is 0 Å². The van der Waals surface area contributed by atoms with Crippen LogP contribution in [0.15, 0.2) is 12.7 Å². The molecule has 0 spiro atoms. The fraction of sp³-hybridized carbons (Fsp3) is 0.833. The third-order valence-electron chi connectivity index (χ3n) is 3.48. The van der Waals surface area contributed by atoms with Gasteiger partial charge in [-0.1, -0.05) is 25.3 Å². The van der Waals surface area contributed by atoms with Gasteiger partial charge >= 0.3 is 0 Å². The molecule has 1 atom stereocenters. The van der Waals surface area contributed by atoms with E-state index >= 15 is 0 Å². The average molecular weight is 197 g/mol. The van der Waals surface area contributed by atoms with E-state index in [1.165, 1.54) is 32.1 Å². The Morgan fingerprint density at radius 2 is 2.07 bits per heavy atom. The lowest BCUT2D eigenvalue weighted by Gasteiger charge is -2.39. The summed E-state index contributed by atoms with van der Waals surface area (Å²) in [6, 6.07) is 0. The second-order valence-corrected chi connectivity index (χ2v) is 4.58. The van der Waals surface area contributed by atoms with Gasteiger partial charge in [-0.05, 0) is 25.7 Å². The molecule has 1 saturated carbocycles. The Morgan fingerprint density at radius 3 is 2.57 bits per heavy atom. The Hall–Kier alpha value is -0.340. The second kappa shape index (κ2) is 5.52. The summed E-state index contributed by atoms with van der Waals surface area (Å²) in [4.78, 5) is 0. The van der Waals surface area contributed by atoms with Crippen molar-refractivity contribution in [3.05, 3.63) is 12.7 Å². The molecule has 2 nitrogen and oxygen atoms in total.